The summed E-state index contributed by atoms with van der Waals surface area (Å²) in [6, 6.07) is 0. The van der Waals surface area contributed by atoms with Crippen molar-refractivity contribution in [2.45, 2.75) is 176 Å². The minimum absolute atomic E-state index is 1.04. The van der Waals surface area contributed by atoms with Crippen molar-refractivity contribution in [2.24, 2.45) is 47.3 Å². The van der Waals surface area contributed by atoms with E-state index in [2.05, 4.69) is 41.5 Å². The monoisotopic (exact) mass is 489 g/mol. The van der Waals surface area contributed by atoms with Crippen LogP contribution in [-0.2, 0) is 0 Å². The summed E-state index contributed by atoms with van der Waals surface area (Å²) in [6.07, 6.45) is 31.4. The Morgan fingerprint density at radius 3 is 0.886 bits per heavy atom. The molecule has 0 heterocycles. The molecule has 0 aromatic rings. The summed E-state index contributed by atoms with van der Waals surface area (Å²) in [7, 11) is 0. The van der Waals surface area contributed by atoms with Crippen LogP contribution in [0.2, 0.25) is 0 Å². The molecule has 0 aromatic carbocycles. The van der Waals surface area contributed by atoms with Crippen LogP contribution < -0.4 is 0 Å². The van der Waals surface area contributed by atoms with Gasteiger partial charge in [0, 0.05) is 0 Å². The van der Waals surface area contributed by atoms with E-state index in [1.807, 2.05) is 0 Å². The van der Waals surface area contributed by atoms with E-state index in [1.54, 1.807) is 0 Å². The van der Waals surface area contributed by atoms with E-state index in [4.69, 9.17) is 0 Å². The molecular formula is C35H68. The van der Waals surface area contributed by atoms with Crippen LogP contribution in [0.5, 0.6) is 0 Å². The van der Waals surface area contributed by atoms with Crippen LogP contribution in [0.1, 0.15) is 176 Å². The van der Waals surface area contributed by atoms with Gasteiger partial charge < -0.3 is 0 Å². The largest absolute Gasteiger partial charge is 0.0651 e. The van der Waals surface area contributed by atoms with Gasteiger partial charge in [-0.1, -0.05) is 151 Å². The number of hydrogen-bond acceptors (Lipinski definition) is 0. The Morgan fingerprint density at radius 2 is 0.771 bits per heavy atom. The highest BCUT2D eigenvalue weighted by Gasteiger charge is 2.38. The van der Waals surface area contributed by atoms with Crippen LogP contribution in [-0.4, -0.2) is 0 Å². The molecule has 0 radical (unpaired) electrons. The summed E-state index contributed by atoms with van der Waals surface area (Å²) < 4.78 is 0. The fourth-order valence-electron chi connectivity index (χ4n) is 5.37. The van der Waals surface area contributed by atoms with Crippen LogP contribution in [0.25, 0.3) is 0 Å². The van der Waals surface area contributed by atoms with Gasteiger partial charge in [0.15, 0.2) is 0 Å². The molecule has 0 unspecified atom stereocenters. The van der Waals surface area contributed by atoms with Crippen molar-refractivity contribution < 1.29 is 0 Å². The van der Waals surface area contributed by atoms with Crippen molar-refractivity contribution >= 4 is 0 Å². The molecule has 0 N–H and O–H groups in total. The molecule has 0 saturated heterocycles. The van der Waals surface area contributed by atoms with E-state index in [0.29, 0.717) is 0 Å². The van der Waals surface area contributed by atoms with Crippen molar-refractivity contribution in [1.82, 2.24) is 0 Å². The van der Waals surface area contributed by atoms with Crippen molar-refractivity contribution in [3.05, 3.63) is 0 Å². The van der Waals surface area contributed by atoms with Gasteiger partial charge in [0.1, 0.15) is 0 Å². The Morgan fingerprint density at radius 1 is 0.429 bits per heavy atom. The Labute approximate surface area is 223 Å². The molecule has 7 rings (SSSR count). The van der Waals surface area contributed by atoms with E-state index in [1.165, 1.54) is 135 Å². The summed E-state index contributed by atoms with van der Waals surface area (Å²) >= 11 is 0. The van der Waals surface area contributed by atoms with Gasteiger partial charge in [-0.3, -0.25) is 0 Å². The molecule has 0 spiro atoms. The standard InChI is InChI=1S/C8H14.C7H14.C6H12.2C5H10.C4H8/c1-6(7-2-3-7)8-4-5-8;1-7-5-3-2-4-6-7;1-6-4-2-3-5-6;1-5-3-2-4-5;1-2-5-3-4-5;1-4-2-3-4/h6-8H,2-5H2,1H3;7H,2-6H2,1H3;6H,2-5H2,1H3;2*5H,2-4H2,1H3;4H,2-3H2,1H3. The summed E-state index contributed by atoms with van der Waals surface area (Å²) in [6.45, 7) is 14.0. The van der Waals surface area contributed by atoms with Crippen LogP contribution >= 0.6 is 0 Å². The second-order valence-corrected chi connectivity index (χ2v) is 14.2. The summed E-state index contributed by atoms with van der Waals surface area (Å²) in [5, 5.41) is 0. The van der Waals surface area contributed by atoms with Gasteiger partial charge >= 0.3 is 0 Å². The molecule has 208 valence electrons. The third-order valence-corrected chi connectivity index (χ3v) is 9.80. The lowest BCUT2D eigenvalue weighted by atomic mass is 9.88. The average molecular weight is 489 g/mol. The van der Waals surface area contributed by atoms with Gasteiger partial charge in [-0.2, -0.15) is 0 Å². The fraction of sp³-hybridized carbons (Fsp3) is 1.00. The molecule has 0 aromatic heterocycles. The molecular weight excluding hydrogens is 420 g/mol. The minimum Gasteiger partial charge on any atom is -0.0651 e. The molecule has 7 aliphatic rings. The molecule has 35 heavy (non-hydrogen) atoms. The molecule has 7 saturated carbocycles. The minimum atomic E-state index is 1.04. The maximum Gasteiger partial charge on any atom is -0.0386 e. The Kier molecular flexibility index (Phi) is 16.3. The van der Waals surface area contributed by atoms with E-state index in [-0.39, 0.29) is 0 Å². The molecule has 0 heteroatoms. The van der Waals surface area contributed by atoms with Crippen molar-refractivity contribution in [3.8, 4) is 0 Å². The first-order valence-corrected chi connectivity index (χ1v) is 16.9. The quantitative estimate of drug-likeness (QED) is 0.370. The van der Waals surface area contributed by atoms with E-state index >= 15 is 0 Å². The van der Waals surface area contributed by atoms with Crippen LogP contribution in [0.3, 0.4) is 0 Å². The van der Waals surface area contributed by atoms with Gasteiger partial charge in [-0.15, -0.1) is 0 Å². The molecule has 7 aliphatic carbocycles. The Hall–Kier alpha value is 0. The second-order valence-electron chi connectivity index (χ2n) is 14.2. The van der Waals surface area contributed by atoms with E-state index < -0.39 is 0 Å². The average Bonchev–Trinajstić information content (AvgIpc) is 3.69. The maximum atomic E-state index is 2.44. The molecule has 0 amide bonds. The molecule has 7 fully saturated rings. The first kappa shape index (κ1) is 31.2. The van der Waals surface area contributed by atoms with Crippen molar-refractivity contribution in [2.75, 3.05) is 0 Å². The third-order valence-electron chi connectivity index (χ3n) is 9.80. The summed E-state index contributed by atoms with van der Waals surface area (Å²) in [5.74, 6) is 8.77. The van der Waals surface area contributed by atoms with Crippen LogP contribution in [0.15, 0.2) is 0 Å². The summed E-state index contributed by atoms with van der Waals surface area (Å²) in [5.41, 5.74) is 0. The first-order valence-electron chi connectivity index (χ1n) is 16.9. The van der Waals surface area contributed by atoms with Gasteiger partial charge in [0.2, 0.25) is 0 Å². The van der Waals surface area contributed by atoms with E-state index in [0.717, 1.165) is 47.3 Å². The Bertz CT molecular complexity index is 450. The smallest absolute Gasteiger partial charge is 0.0386 e. The van der Waals surface area contributed by atoms with Crippen molar-refractivity contribution in [3.63, 3.8) is 0 Å². The zero-order valence-electron chi connectivity index (χ0n) is 25.5. The lowest BCUT2D eigenvalue weighted by molar-refractivity contribution is 0.346. The predicted octanol–water partition coefficient (Wildman–Crippen LogP) is 12.3. The topological polar surface area (TPSA) is 0 Å². The van der Waals surface area contributed by atoms with Gasteiger partial charge in [0.25, 0.3) is 0 Å². The van der Waals surface area contributed by atoms with Crippen LogP contribution in [0, 0.1) is 47.3 Å². The molecule has 0 nitrogen and oxygen atoms in total. The number of hydrogen-bond donors (Lipinski definition) is 0. The highest BCUT2D eigenvalue weighted by molar-refractivity contribution is 4.88. The second kappa shape index (κ2) is 18.3. The normalized spacial score (nSPS) is 26.1. The molecule has 0 bridgehead atoms. The SMILES string of the molecule is CC(C1CC1)C1CC1.CC1CC1.CC1CCC1.CC1CCCC1.CC1CCCCC1.CCC1CC1. The number of rotatable bonds is 3. The van der Waals surface area contributed by atoms with Crippen LogP contribution in [0.4, 0.5) is 0 Å². The first-order chi connectivity index (χ1) is 16.9. The third kappa shape index (κ3) is 18.8. The van der Waals surface area contributed by atoms with Gasteiger partial charge in [-0.25, -0.2) is 0 Å². The molecule has 0 aliphatic heterocycles. The lowest BCUT2D eigenvalue weighted by Crippen LogP contribution is -2.04. The molecule has 0 atom stereocenters. The zero-order chi connectivity index (χ0) is 25.5. The zero-order valence-corrected chi connectivity index (χ0v) is 25.5. The maximum absolute atomic E-state index is 2.44. The predicted molar refractivity (Wildman–Crippen MR) is 159 cm³/mol. The van der Waals surface area contributed by atoms with Crippen molar-refractivity contribution in [1.29, 1.82) is 0 Å². The fourth-order valence-corrected chi connectivity index (χ4v) is 5.37. The highest BCUT2D eigenvalue weighted by atomic mass is 14.4. The lowest BCUT2D eigenvalue weighted by Gasteiger charge is -2.18. The van der Waals surface area contributed by atoms with Gasteiger partial charge in [-0.05, 0) is 73.0 Å². The summed E-state index contributed by atoms with van der Waals surface area (Å²) in [4.78, 5) is 0. The van der Waals surface area contributed by atoms with E-state index in [9.17, 15) is 0 Å². The van der Waals surface area contributed by atoms with Gasteiger partial charge in [0.05, 0.1) is 0 Å². The Balaban J connectivity index is 0.000000150. The highest BCUT2D eigenvalue weighted by Crippen LogP contribution is 2.48.